The van der Waals surface area contributed by atoms with Crippen LogP contribution in [-0.4, -0.2) is 42.9 Å². The fourth-order valence-corrected chi connectivity index (χ4v) is 3.90. The highest BCUT2D eigenvalue weighted by Crippen LogP contribution is 2.33. The lowest BCUT2D eigenvalue weighted by Crippen LogP contribution is -2.54. The van der Waals surface area contributed by atoms with E-state index in [0.29, 0.717) is 19.1 Å². The number of benzene rings is 1. The Morgan fingerprint density at radius 1 is 1.17 bits per heavy atom. The van der Waals surface area contributed by atoms with Gasteiger partial charge in [0.25, 0.3) is 0 Å². The van der Waals surface area contributed by atoms with Gasteiger partial charge in [-0.2, -0.15) is 0 Å². The standard InChI is InChI=1S/C18H23NO4/c20-18(19-9-10-21-15-4-2-1-3-14(15)19)8-6-13-5-7-16-17(11-13)23-12-22-16/h5,7,11,14-15H,1-4,6,8-10,12H2/t14-,15+/m1/s1. The van der Waals surface area contributed by atoms with Crippen molar-refractivity contribution in [1.82, 2.24) is 4.90 Å². The molecular formula is C18H23NO4. The first-order valence-corrected chi connectivity index (χ1v) is 8.61. The second-order valence-electron chi connectivity index (χ2n) is 6.54. The van der Waals surface area contributed by atoms with E-state index in [1.165, 1.54) is 12.8 Å². The number of carbonyl (C=O) groups is 1. The maximum absolute atomic E-state index is 12.7. The van der Waals surface area contributed by atoms with Gasteiger partial charge in [-0.1, -0.05) is 18.9 Å². The zero-order chi connectivity index (χ0) is 15.6. The average molecular weight is 317 g/mol. The summed E-state index contributed by atoms with van der Waals surface area (Å²) in [5.74, 6) is 1.83. The summed E-state index contributed by atoms with van der Waals surface area (Å²) in [6.45, 7) is 1.70. The van der Waals surface area contributed by atoms with Crippen LogP contribution in [0.2, 0.25) is 0 Å². The molecule has 1 saturated carbocycles. The molecule has 5 heteroatoms. The molecule has 1 aliphatic carbocycles. The number of rotatable bonds is 3. The average Bonchev–Trinajstić information content (AvgIpc) is 3.07. The number of aryl methyl sites for hydroxylation is 1. The highest BCUT2D eigenvalue weighted by atomic mass is 16.7. The fraction of sp³-hybridized carbons (Fsp3) is 0.611. The van der Waals surface area contributed by atoms with Gasteiger partial charge < -0.3 is 19.1 Å². The molecule has 0 bridgehead atoms. The van der Waals surface area contributed by atoms with Crippen LogP contribution in [0.5, 0.6) is 11.5 Å². The summed E-state index contributed by atoms with van der Waals surface area (Å²) < 4.78 is 16.6. The van der Waals surface area contributed by atoms with Gasteiger partial charge in [-0.3, -0.25) is 4.79 Å². The first-order valence-electron chi connectivity index (χ1n) is 8.61. The Balaban J connectivity index is 1.37. The lowest BCUT2D eigenvalue weighted by Gasteiger charge is -2.43. The van der Waals surface area contributed by atoms with E-state index in [0.717, 1.165) is 42.9 Å². The molecule has 5 nitrogen and oxygen atoms in total. The van der Waals surface area contributed by atoms with Gasteiger partial charge in [-0.05, 0) is 37.0 Å². The number of fused-ring (bicyclic) bond motifs is 2. The molecule has 0 unspecified atom stereocenters. The second kappa shape index (κ2) is 6.40. The summed E-state index contributed by atoms with van der Waals surface area (Å²) in [7, 11) is 0. The van der Waals surface area contributed by atoms with Crippen molar-refractivity contribution in [2.75, 3.05) is 19.9 Å². The molecule has 1 aromatic rings. The number of ether oxygens (including phenoxy) is 3. The van der Waals surface area contributed by atoms with E-state index >= 15 is 0 Å². The number of amides is 1. The van der Waals surface area contributed by atoms with Crippen LogP contribution < -0.4 is 9.47 Å². The van der Waals surface area contributed by atoms with Crippen molar-refractivity contribution in [2.24, 2.45) is 0 Å². The van der Waals surface area contributed by atoms with Crippen LogP contribution >= 0.6 is 0 Å². The molecule has 2 atom stereocenters. The fourth-order valence-electron chi connectivity index (χ4n) is 3.90. The van der Waals surface area contributed by atoms with E-state index in [1.54, 1.807) is 0 Å². The molecule has 2 heterocycles. The van der Waals surface area contributed by atoms with Crippen molar-refractivity contribution in [3.05, 3.63) is 23.8 Å². The smallest absolute Gasteiger partial charge is 0.231 e. The summed E-state index contributed by atoms with van der Waals surface area (Å²) in [5.41, 5.74) is 1.12. The van der Waals surface area contributed by atoms with E-state index in [2.05, 4.69) is 4.90 Å². The molecule has 2 fully saturated rings. The Labute approximate surface area is 136 Å². The minimum absolute atomic E-state index is 0.253. The lowest BCUT2D eigenvalue weighted by atomic mass is 9.90. The van der Waals surface area contributed by atoms with Crippen LogP contribution in [-0.2, 0) is 16.0 Å². The van der Waals surface area contributed by atoms with Crippen LogP contribution in [0.25, 0.3) is 0 Å². The normalized spacial score (nSPS) is 26.0. The highest BCUT2D eigenvalue weighted by Gasteiger charge is 2.36. The van der Waals surface area contributed by atoms with Gasteiger partial charge >= 0.3 is 0 Å². The molecule has 23 heavy (non-hydrogen) atoms. The summed E-state index contributed by atoms with van der Waals surface area (Å²) in [4.78, 5) is 14.7. The summed E-state index contributed by atoms with van der Waals surface area (Å²) >= 11 is 0. The second-order valence-corrected chi connectivity index (χ2v) is 6.54. The van der Waals surface area contributed by atoms with Gasteiger partial charge in [0.15, 0.2) is 11.5 Å². The molecule has 4 rings (SSSR count). The van der Waals surface area contributed by atoms with Gasteiger partial charge in [0.1, 0.15) is 0 Å². The van der Waals surface area contributed by atoms with E-state index < -0.39 is 0 Å². The first-order chi connectivity index (χ1) is 11.3. The van der Waals surface area contributed by atoms with Crippen molar-refractivity contribution >= 4 is 5.91 Å². The van der Waals surface area contributed by atoms with E-state index in [-0.39, 0.29) is 18.8 Å². The van der Waals surface area contributed by atoms with Crippen molar-refractivity contribution < 1.29 is 19.0 Å². The van der Waals surface area contributed by atoms with E-state index in [4.69, 9.17) is 14.2 Å². The van der Waals surface area contributed by atoms with Crippen LogP contribution in [0, 0.1) is 0 Å². The van der Waals surface area contributed by atoms with E-state index in [1.807, 2.05) is 18.2 Å². The zero-order valence-electron chi connectivity index (χ0n) is 13.3. The minimum Gasteiger partial charge on any atom is -0.454 e. The molecule has 1 saturated heterocycles. The third-order valence-electron chi connectivity index (χ3n) is 5.12. The summed E-state index contributed by atoms with van der Waals surface area (Å²) in [5, 5.41) is 0. The largest absolute Gasteiger partial charge is 0.454 e. The summed E-state index contributed by atoms with van der Waals surface area (Å²) in [6, 6.07) is 6.22. The van der Waals surface area contributed by atoms with Crippen molar-refractivity contribution in [3.8, 4) is 11.5 Å². The van der Waals surface area contributed by atoms with Gasteiger partial charge in [0.05, 0.1) is 18.8 Å². The minimum atomic E-state index is 0.253. The van der Waals surface area contributed by atoms with Crippen LogP contribution in [0.4, 0.5) is 0 Å². The number of morpholine rings is 1. The van der Waals surface area contributed by atoms with Crippen molar-refractivity contribution in [1.29, 1.82) is 0 Å². The molecule has 124 valence electrons. The van der Waals surface area contributed by atoms with Gasteiger partial charge in [0.2, 0.25) is 12.7 Å². The summed E-state index contributed by atoms with van der Waals surface area (Å²) in [6.07, 6.45) is 6.15. The predicted octanol–water partition coefficient (Wildman–Crippen LogP) is 2.52. The van der Waals surface area contributed by atoms with Crippen molar-refractivity contribution in [2.45, 2.75) is 50.7 Å². The predicted molar refractivity (Wildman–Crippen MR) is 84.6 cm³/mol. The SMILES string of the molecule is O=C(CCc1ccc2c(c1)OCO2)N1CCO[C@H]2CCCC[C@H]21. The molecule has 1 amide bonds. The van der Waals surface area contributed by atoms with Crippen LogP contribution in [0.3, 0.4) is 0 Å². The number of hydrogen-bond acceptors (Lipinski definition) is 4. The maximum atomic E-state index is 12.7. The molecule has 3 aliphatic rings. The Hall–Kier alpha value is -1.75. The quantitative estimate of drug-likeness (QED) is 0.859. The van der Waals surface area contributed by atoms with E-state index in [9.17, 15) is 4.79 Å². The molecule has 0 N–H and O–H groups in total. The lowest BCUT2D eigenvalue weighted by molar-refractivity contribution is -0.149. The molecule has 0 radical (unpaired) electrons. The van der Waals surface area contributed by atoms with Crippen molar-refractivity contribution in [3.63, 3.8) is 0 Å². The molecule has 0 aromatic heterocycles. The Kier molecular flexibility index (Phi) is 4.12. The number of carbonyl (C=O) groups excluding carboxylic acids is 1. The molecule has 1 aromatic carbocycles. The van der Waals surface area contributed by atoms with Crippen LogP contribution in [0.1, 0.15) is 37.7 Å². The van der Waals surface area contributed by atoms with Gasteiger partial charge in [-0.15, -0.1) is 0 Å². The maximum Gasteiger partial charge on any atom is 0.231 e. The Morgan fingerprint density at radius 2 is 2.04 bits per heavy atom. The number of hydrogen-bond donors (Lipinski definition) is 0. The highest BCUT2D eigenvalue weighted by molar-refractivity contribution is 5.77. The topological polar surface area (TPSA) is 48.0 Å². The Morgan fingerprint density at radius 3 is 3.00 bits per heavy atom. The molecular weight excluding hydrogens is 294 g/mol. The molecule has 0 spiro atoms. The monoisotopic (exact) mass is 317 g/mol. The Bertz CT molecular complexity index is 586. The zero-order valence-corrected chi connectivity index (χ0v) is 13.3. The van der Waals surface area contributed by atoms with Gasteiger partial charge in [0, 0.05) is 13.0 Å². The first kappa shape index (κ1) is 14.8. The van der Waals surface area contributed by atoms with Crippen LogP contribution in [0.15, 0.2) is 18.2 Å². The molecule has 2 aliphatic heterocycles. The third-order valence-corrected chi connectivity index (χ3v) is 5.12. The number of nitrogens with zero attached hydrogens (tertiary/aromatic N) is 1. The van der Waals surface area contributed by atoms with Gasteiger partial charge in [-0.25, -0.2) is 0 Å². The third kappa shape index (κ3) is 3.02.